The molecule has 1 aliphatic heterocycles. The van der Waals surface area contributed by atoms with E-state index in [2.05, 4.69) is 4.90 Å². The Labute approximate surface area is 210 Å². The molecule has 1 saturated heterocycles. The van der Waals surface area contributed by atoms with Gasteiger partial charge in [0.05, 0.1) is 12.5 Å². The maximum absolute atomic E-state index is 13.1. The molecule has 1 aliphatic rings. The van der Waals surface area contributed by atoms with Crippen LogP contribution in [0.1, 0.15) is 12.5 Å². The molecule has 8 heteroatoms. The quantitative estimate of drug-likeness (QED) is 0.377. The number of halogens is 4. The molecule has 3 aromatic rings. The predicted molar refractivity (Wildman–Crippen MR) is 137 cm³/mol. The Hall–Kier alpha value is -2.87. The molecule has 186 valence electrons. The molecule has 1 fully saturated rings. The second-order valence-corrected chi connectivity index (χ2v) is 8.60. The van der Waals surface area contributed by atoms with Crippen molar-refractivity contribution in [1.29, 1.82) is 0 Å². The maximum Gasteiger partial charge on any atom is 0.416 e. The molecule has 0 bridgehead atoms. The monoisotopic (exact) mass is 504 g/mol. The standard InChI is InChI=1S/C27H29F3N3O.ClH/c1-22(34)33(25-11-4-2-5-12-25,26-13-6-3-7-14-26)20-19-31-15-17-32(18-16-31)24-10-8-9-23(21-24)27(28,29)30;/h2-14,21H,15-20H2,1H3;1H/q+1;. The Balaban J connectivity index is 0.00000342. The van der Waals surface area contributed by atoms with Gasteiger partial charge in [-0.05, 0) is 18.2 Å². The van der Waals surface area contributed by atoms with Gasteiger partial charge in [-0.15, -0.1) is 12.4 Å². The number of alkyl halides is 3. The van der Waals surface area contributed by atoms with E-state index in [1.165, 1.54) is 12.1 Å². The van der Waals surface area contributed by atoms with E-state index >= 15 is 0 Å². The molecule has 0 N–H and O–H groups in total. The van der Waals surface area contributed by atoms with Gasteiger partial charge in [0.2, 0.25) is 0 Å². The van der Waals surface area contributed by atoms with E-state index in [4.69, 9.17) is 0 Å². The fourth-order valence-electron chi connectivity index (χ4n) is 4.69. The first-order valence-corrected chi connectivity index (χ1v) is 11.5. The Bertz CT molecular complexity index is 1060. The molecule has 4 rings (SSSR count). The molecule has 0 spiro atoms. The van der Waals surface area contributed by atoms with Crippen molar-refractivity contribution in [3.8, 4) is 0 Å². The van der Waals surface area contributed by atoms with Gasteiger partial charge in [-0.3, -0.25) is 4.90 Å². The summed E-state index contributed by atoms with van der Waals surface area (Å²) in [6, 6.07) is 25.1. The number of hydrogen-bond donors (Lipinski definition) is 0. The second-order valence-electron chi connectivity index (χ2n) is 8.60. The van der Waals surface area contributed by atoms with E-state index < -0.39 is 11.7 Å². The number of amides is 1. The highest BCUT2D eigenvalue weighted by Gasteiger charge is 2.39. The number of para-hydroxylation sites is 2. The maximum atomic E-state index is 13.1. The summed E-state index contributed by atoms with van der Waals surface area (Å²) in [6.45, 7) is 5.61. The van der Waals surface area contributed by atoms with Crippen molar-refractivity contribution >= 4 is 35.4 Å². The van der Waals surface area contributed by atoms with Crippen LogP contribution in [0, 0.1) is 0 Å². The van der Waals surface area contributed by atoms with Crippen molar-refractivity contribution in [2.75, 3.05) is 44.2 Å². The van der Waals surface area contributed by atoms with Crippen LogP contribution in [0.3, 0.4) is 0 Å². The minimum atomic E-state index is -4.35. The first-order valence-electron chi connectivity index (χ1n) is 11.5. The molecule has 0 aliphatic carbocycles. The van der Waals surface area contributed by atoms with Crippen LogP contribution < -0.4 is 9.38 Å². The third-order valence-electron chi connectivity index (χ3n) is 6.59. The lowest BCUT2D eigenvalue weighted by atomic mass is 10.1. The molecular formula is C27H30ClF3N3O+. The van der Waals surface area contributed by atoms with Crippen LogP contribution >= 0.6 is 12.4 Å². The highest BCUT2D eigenvalue weighted by Crippen LogP contribution is 2.35. The molecule has 1 amide bonds. The van der Waals surface area contributed by atoms with Gasteiger partial charge in [0.1, 0.15) is 17.9 Å². The van der Waals surface area contributed by atoms with Crippen LogP contribution in [-0.2, 0) is 11.0 Å². The third-order valence-corrected chi connectivity index (χ3v) is 6.59. The molecule has 0 aromatic heterocycles. The second kappa shape index (κ2) is 11.2. The van der Waals surface area contributed by atoms with E-state index in [1.807, 2.05) is 65.6 Å². The van der Waals surface area contributed by atoms with Crippen LogP contribution in [0.2, 0.25) is 0 Å². The number of nitrogens with zero attached hydrogens (tertiary/aromatic N) is 3. The fourth-order valence-corrected chi connectivity index (χ4v) is 4.69. The number of piperazine rings is 1. The molecule has 3 aromatic carbocycles. The molecule has 0 unspecified atom stereocenters. The van der Waals surface area contributed by atoms with Crippen LogP contribution in [-0.4, -0.2) is 50.1 Å². The minimum absolute atomic E-state index is 0. The van der Waals surface area contributed by atoms with Gasteiger partial charge in [0, 0.05) is 62.7 Å². The number of anilines is 1. The summed E-state index contributed by atoms with van der Waals surface area (Å²) < 4.78 is 39.4. The van der Waals surface area contributed by atoms with Crippen molar-refractivity contribution < 1.29 is 18.0 Å². The van der Waals surface area contributed by atoms with Gasteiger partial charge in [0.15, 0.2) is 0 Å². The summed E-state index contributed by atoms with van der Waals surface area (Å²) in [6.07, 6.45) is -4.35. The molecule has 0 saturated carbocycles. The molecule has 4 nitrogen and oxygen atoms in total. The van der Waals surface area contributed by atoms with Gasteiger partial charge >= 0.3 is 12.1 Å². The first kappa shape index (κ1) is 26.7. The van der Waals surface area contributed by atoms with Crippen molar-refractivity contribution in [1.82, 2.24) is 9.38 Å². The Morgan fingerprint density at radius 3 is 1.86 bits per heavy atom. The zero-order chi connectivity index (χ0) is 24.2. The zero-order valence-corrected chi connectivity index (χ0v) is 20.4. The molecular weight excluding hydrogens is 475 g/mol. The van der Waals surface area contributed by atoms with Crippen molar-refractivity contribution in [3.05, 3.63) is 90.5 Å². The highest BCUT2D eigenvalue weighted by atomic mass is 35.5. The Morgan fingerprint density at radius 1 is 0.829 bits per heavy atom. The summed E-state index contributed by atoms with van der Waals surface area (Å²) in [5.74, 6) is 0.0417. The number of carbonyl (C=O) groups is 1. The lowest BCUT2D eigenvalue weighted by molar-refractivity contribution is -0.137. The number of quaternary nitrogens is 1. The smallest absolute Gasteiger partial charge is 0.369 e. The van der Waals surface area contributed by atoms with Gasteiger partial charge in [-0.25, -0.2) is 4.79 Å². The Morgan fingerprint density at radius 2 is 1.37 bits per heavy atom. The summed E-state index contributed by atoms with van der Waals surface area (Å²) in [5.41, 5.74) is 1.81. The normalized spacial score (nSPS) is 14.9. The van der Waals surface area contributed by atoms with Crippen molar-refractivity contribution in [3.63, 3.8) is 0 Å². The number of benzene rings is 3. The first-order chi connectivity index (χ1) is 16.3. The topological polar surface area (TPSA) is 23.6 Å². The van der Waals surface area contributed by atoms with Gasteiger partial charge < -0.3 is 4.90 Å². The zero-order valence-electron chi connectivity index (χ0n) is 19.6. The minimum Gasteiger partial charge on any atom is -0.369 e. The van der Waals surface area contributed by atoms with Gasteiger partial charge in [-0.2, -0.15) is 17.7 Å². The summed E-state index contributed by atoms with van der Waals surface area (Å²) >= 11 is 0. The van der Waals surface area contributed by atoms with E-state index in [0.29, 0.717) is 31.9 Å². The molecule has 35 heavy (non-hydrogen) atoms. The fraction of sp³-hybridized carbons (Fsp3) is 0.296. The van der Waals surface area contributed by atoms with E-state index in [0.717, 1.165) is 30.5 Å². The number of carbonyl (C=O) groups excluding carboxylic acids is 1. The predicted octanol–water partition coefficient (Wildman–Crippen LogP) is 6.13. The van der Waals surface area contributed by atoms with Crippen LogP contribution in [0.15, 0.2) is 84.9 Å². The molecule has 1 heterocycles. The van der Waals surface area contributed by atoms with Gasteiger partial charge in [-0.1, -0.05) is 42.5 Å². The molecule has 0 atom stereocenters. The largest absolute Gasteiger partial charge is 0.416 e. The average molecular weight is 505 g/mol. The number of hydrogen-bond acceptors (Lipinski definition) is 3. The van der Waals surface area contributed by atoms with Crippen molar-refractivity contribution in [2.24, 2.45) is 0 Å². The van der Waals surface area contributed by atoms with E-state index in [1.54, 1.807) is 13.0 Å². The lowest BCUT2D eigenvalue weighted by Crippen LogP contribution is -2.55. The Kier molecular flexibility index (Phi) is 8.59. The van der Waals surface area contributed by atoms with Crippen LogP contribution in [0.25, 0.3) is 0 Å². The third kappa shape index (κ3) is 5.86. The van der Waals surface area contributed by atoms with Gasteiger partial charge in [0.25, 0.3) is 0 Å². The van der Waals surface area contributed by atoms with Crippen molar-refractivity contribution in [2.45, 2.75) is 13.1 Å². The highest BCUT2D eigenvalue weighted by molar-refractivity contribution is 5.93. The summed E-state index contributed by atoms with van der Waals surface area (Å²) in [5, 5.41) is 0. The SMILES string of the molecule is CC(=O)[N+](CCN1CCN(c2cccc(C(F)(F)F)c2)CC1)(c1ccccc1)c1ccccc1.Cl. The number of rotatable bonds is 6. The van der Waals surface area contributed by atoms with E-state index in [-0.39, 0.29) is 22.8 Å². The van der Waals surface area contributed by atoms with E-state index in [9.17, 15) is 18.0 Å². The lowest BCUT2D eigenvalue weighted by Gasteiger charge is -2.39. The van der Waals surface area contributed by atoms with Crippen LogP contribution in [0.5, 0.6) is 0 Å². The summed E-state index contributed by atoms with van der Waals surface area (Å²) in [4.78, 5) is 17.4. The summed E-state index contributed by atoms with van der Waals surface area (Å²) in [7, 11) is 0. The molecule has 0 radical (unpaired) electrons. The van der Waals surface area contributed by atoms with Crippen LogP contribution in [0.4, 0.5) is 30.2 Å². The average Bonchev–Trinajstić information content (AvgIpc) is 2.85.